The smallest absolute Gasteiger partial charge is 0.146 e. The standard InChI is InChI=1S/C15H24N4O2/c1-11-9-17-14(18-10-11)13(19-16)12-2-5-21-15(8-12)3-6-20-7-4-15/h9-10,12-13,19H,2-8,16H2,1H3. The third kappa shape index (κ3) is 3.23. The van der Waals surface area contributed by atoms with Gasteiger partial charge in [-0.2, -0.15) is 0 Å². The van der Waals surface area contributed by atoms with Gasteiger partial charge in [-0.25, -0.2) is 15.4 Å². The Morgan fingerprint density at radius 3 is 2.67 bits per heavy atom. The topological polar surface area (TPSA) is 82.3 Å². The number of aromatic nitrogens is 2. The van der Waals surface area contributed by atoms with Gasteiger partial charge in [-0.1, -0.05) is 0 Å². The van der Waals surface area contributed by atoms with E-state index in [-0.39, 0.29) is 11.6 Å². The van der Waals surface area contributed by atoms with E-state index in [0.717, 1.165) is 56.9 Å². The van der Waals surface area contributed by atoms with Crippen LogP contribution < -0.4 is 11.3 Å². The van der Waals surface area contributed by atoms with Crippen LogP contribution in [0.1, 0.15) is 43.1 Å². The third-order valence-electron chi connectivity index (χ3n) is 4.67. The lowest BCUT2D eigenvalue weighted by molar-refractivity contribution is -0.150. The van der Waals surface area contributed by atoms with E-state index in [4.69, 9.17) is 15.3 Å². The highest BCUT2D eigenvalue weighted by molar-refractivity contribution is 5.06. The van der Waals surface area contributed by atoms with Gasteiger partial charge in [0.05, 0.1) is 11.6 Å². The Labute approximate surface area is 125 Å². The zero-order chi connectivity index (χ0) is 14.7. The molecule has 21 heavy (non-hydrogen) atoms. The largest absolute Gasteiger partial charge is 0.381 e. The SMILES string of the molecule is Cc1cnc(C(NN)C2CCOC3(CCOCC3)C2)nc1. The van der Waals surface area contributed by atoms with Crippen molar-refractivity contribution in [3.63, 3.8) is 0 Å². The molecule has 2 saturated heterocycles. The molecule has 0 aromatic carbocycles. The number of nitrogens with two attached hydrogens (primary N) is 1. The van der Waals surface area contributed by atoms with Crippen LogP contribution in [0.2, 0.25) is 0 Å². The van der Waals surface area contributed by atoms with Crippen molar-refractivity contribution in [3.8, 4) is 0 Å². The Kier molecular flexibility index (Phi) is 4.49. The number of hydrazine groups is 1. The van der Waals surface area contributed by atoms with Gasteiger partial charge in [0.1, 0.15) is 5.82 Å². The summed E-state index contributed by atoms with van der Waals surface area (Å²) in [5.74, 6) is 6.96. The maximum absolute atomic E-state index is 6.10. The molecular weight excluding hydrogens is 268 g/mol. The van der Waals surface area contributed by atoms with Gasteiger partial charge in [0.2, 0.25) is 0 Å². The second kappa shape index (κ2) is 6.36. The van der Waals surface area contributed by atoms with Crippen molar-refractivity contribution in [2.24, 2.45) is 11.8 Å². The monoisotopic (exact) mass is 292 g/mol. The molecule has 116 valence electrons. The minimum Gasteiger partial charge on any atom is -0.381 e. The minimum absolute atomic E-state index is 0.0192. The Balaban J connectivity index is 1.75. The summed E-state index contributed by atoms with van der Waals surface area (Å²) >= 11 is 0. The molecule has 2 aliphatic heterocycles. The van der Waals surface area contributed by atoms with Crippen molar-refractivity contribution in [3.05, 3.63) is 23.8 Å². The van der Waals surface area contributed by atoms with Crippen LogP contribution in [0.3, 0.4) is 0 Å². The normalized spacial score (nSPS) is 26.7. The summed E-state index contributed by atoms with van der Waals surface area (Å²) in [7, 11) is 0. The second-order valence-corrected chi connectivity index (χ2v) is 6.16. The van der Waals surface area contributed by atoms with Crippen LogP contribution in [-0.4, -0.2) is 35.4 Å². The fraction of sp³-hybridized carbons (Fsp3) is 0.733. The molecule has 3 rings (SSSR count). The highest BCUT2D eigenvalue weighted by Gasteiger charge is 2.42. The first-order chi connectivity index (χ1) is 10.2. The molecule has 3 heterocycles. The molecule has 1 aromatic rings. The van der Waals surface area contributed by atoms with Gasteiger partial charge in [0.25, 0.3) is 0 Å². The first kappa shape index (κ1) is 14.8. The van der Waals surface area contributed by atoms with Crippen LogP contribution in [0, 0.1) is 12.8 Å². The summed E-state index contributed by atoms with van der Waals surface area (Å²) in [6, 6.07) is -0.0192. The van der Waals surface area contributed by atoms with E-state index in [1.165, 1.54) is 0 Å². The molecule has 0 aliphatic carbocycles. The summed E-state index contributed by atoms with van der Waals surface area (Å²) < 4.78 is 11.6. The molecule has 2 fully saturated rings. The molecule has 1 spiro atoms. The van der Waals surface area contributed by atoms with Gasteiger partial charge < -0.3 is 9.47 Å². The van der Waals surface area contributed by atoms with Crippen molar-refractivity contribution >= 4 is 0 Å². The van der Waals surface area contributed by atoms with Gasteiger partial charge in [-0.05, 0) is 44.1 Å². The van der Waals surface area contributed by atoms with Crippen molar-refractivity contribution < 1.29 is 9.47 Å². The van der Waals surface area contributed by atoms with Crippen LogP contribution >= 0.6 is 0 Å². The van der Waals surface area contributed by atoms with Crippen LogP contribution in [0.15, 0.2) is 12.4 Å². The first-order valence-corrected chi connectivity index (χ1v) is 7.69. The zero-order valence-electron chi connectivity index (χ0n) is 12.5. The first-order valence-electron chi connectivity index (χ1n) is 7.69. The molecule has 6 heteroatoms. The Hall–Kier alpha value is -1.08. The minimum atomic E-state index is -0.0407. The number of hydrogen-bond donors (Lipinski definition) is 2. The van der Waals surface area contributed by atoms with Crippen LogP contribution in [-0.2, 0) is 9.47 Å². The molecule has 2 aliphatic rings. The van der Waals surface area contributed by atoms with Gasteiger partial charge in [-0.3, -0.25) is 5.84 Å². The summed E-state index contributed by atoms with van der Waals surface area (Å²) in [5, 5.41) is 0. The third-order valence-corrected chi connectivity index (χ3v) is 4.67. The highest BCUT2D eigenvalue weighted by atomic mass is 16.5. The zero-order valence-corrected chi connectivity index (χ0v) is 12.5. The Bertz CT molecular complexity index is 454. The van der Waals surface area contributed by atoms with E-state index in [1.807, 2.05) is 19.3 Å². The van der Waals surface area contributed by atoms with Gasteiger partial charge >= 0.3 is 0 Å². The quantitative estimate of drug-likeness (QED) is 0.645. The fourth-order valence-electron chi connectivity index (χ4n) is 3.43. The van der Waals surface area contributed by atoms with Crippen LogP contribution in [0.25, 0.3) is 0 Å². The Morgan fingerprint density at radius 2 is 2.00 bits per heavy atom. The molecule has 6 nitrogen and oxygen atoms in total. The molecular formula is C15H24N4O2. The number of nitrogens with zero attached hydrogens (tertiary/aromatic N) is 2. The average Bonchev–Trinajstić information content (AvgIpc) is 2.51. The number of ether oxygens (including phenoxy) is 2. The summed E-state index contributed by atoms with van der Waals surface area (Å²) in [5.41, 5.74) is 3.93. The lowest BCUT2D eigenvalue weighted by Crippen LogP contribution is -2.48. The number of aryl methyl sites for hydroxylation is 1. The Morgan fingerprint density at radius 1 is 1.29 bits per heavy atom. The summed E-state index contributed by atoms with van der Waals surface area (Å²) in [6.45, 7) is 4.33. The van der Waals surface area contributed by atoms with Gasteiger partial charge in [-0.15, -0.1) is 0 Å². The highest BCUT2D eigenvalue weighted by Crippen LogP contribution is 2.40. The van der Waals surface area contributed by atoms with Crippen LogP contribution in [0.4, 0.5) is 0 Å². The molecule has 1 aromatic heterocycles. The van der Waals surface area contributed by atoms with E-state index in [9.17, 15) is 0 Å². The van der Waals surface area contributed by atoms with Gasteiger partial charge in [0.15, 0.2) is 0 Å². The summed E-state index contributed by atoms with van der Waals surface area (Å²) in [6.07, 6.45) is 7.59. The van der Waals surface area contributed by atoms with Crippen molar-refractivity contribution in [2.45, 2.75) is 44.2 Å². The predicted octanol–water partition coefficient (Wildman–Crippen LogP) is 1.27. The van der Waals surface area contributed by atoms with Crippen molar-refractivity contribution in [1.29, 1.82) is 0 Å². The van der Waals surface area contributed by atoms with Crippen molar-refractivity contribution in [1.82, 2.24) is 15.4 Å². The lowest BCUT2D eigenvalue weighted by atomic mass is 9.77. The number of hydrogen-bond acceptors (Lipinski definition) is 6. The molecule has 0 saturated carbocycles. The maximum atomic E-state index is 6.10. The lowest BCUT2D eigenvalue weighted by Gasteiger charge is -2.44. The fourth-order valence-corrected chi connectivity index (χ4v) is 3.43. The van der Waals surface area contributed by atoms with E-state index < -0.39 is 0 Å². The van der Waals surface area contributed by atoms with E-state index in [2.05, 4.69) is 15.4 Å². The second-order valence-electron chi connectivity index (χ2n) is 6.16. The molecule has 2 unspecified atom stereocenters. The van der Waals surface area contributed by atoms with Crippen LogP contribution in [0.5, 0.6) is 0 Å². The maximum Gasteiger partial charge on any atom is 0.146 e. The molecule has 0 amide bonds. The molecule has 0 radical (unpaired) electrons. The van der Waals surface area contributed by atoms with E-state index in [1.54, 1.807) is 0 Å². The van der Waals surface area contributed by atoms with Gasteiger partial charge in [0, 0.05) is 32.2 Å². The predicted molar refractivity (Wildman–Crippen MR) is 78.3 cm³/mol. The summed E-state index contributed by atoms with van der Waals surface area (Å²) in [4.78, 5) is 8.88. The molecule has 3 N–H and O–H groups in total. The van der Waals surface area contributed by atoms with Crippen molar-refractivity contribution in [2.75, 3.05) is 19.8 Å². The van der Waals surface area contributed by atoms with E-state index >= 15 is 0 Å². The molecule has 0 bridgehead atoms. The average molecular weight is 292 g/mol. The number of nitrogens with one attached hydrogen (secondary N) is 1. The van der Waals surface area contributed by atoms with E-state index in [0.29, 0.717) is 5.92 Å². The number of rotatable bonds is 3. The molecule has 2 atom stereocenters.